The number of primary amides is 1. The quantitative estimate of drug-likeness (QED) is 0.195. The minimum absolute atomic E-state index is 0.360. The van der Waals surface area contributed by atoms with Gasteiger partial charge in [-0.25, -0.2) is 0 Å². The van der Waals surface area contributed by atoms with E-state index in [1.165, 1.54) is 0 Å². The van der Waals surface area contributed by atoms with Crippen LogP contribution in [0.4, 0.5) is 0 Å². The fraction of sp³-hybridized carbons (Fsp3) is 0.421. The van der Waals surface area contributed by atoms with Crippen molar-refractivity contribution in [2.24, 2.45) is 11.1 Å². The van der Waals surface area contributed by atoms with E-state index in [1.807, 2.05) is 84.9 Å². The molecule has 6 heteroatoms. The first-order chi connectivity index (χ1) is 21.3. The Labute approximate surface area is 258 Å². The molecule has 3 fully saturated rings. The molecule has 0 heterocycles. The summed E-state index contributed by atoms with van der Waals surface area (Å²) in [5, 5.41) is 28.9. The summed E-state index contributed by atoms with van der Waals surface area (Å²) < 4.78 is 0. The normalized spacial score (nSPS) is 21.5. The molecule has 0 bridgehead atoms. The summed E-state index contributed by atoms with van der Waals surface area (Å²) in [6.45, 7) is 0. The number of benzene rings is 4. The Kier molecular flexibility index (Phi) is 7.25. The lowest BCUT2D eigenvalue weighted by Gasteiger charge is -2.57. The van der Waals surface area contributed by atoms with E-state index in [4.69, 9.17) is 5.73 Å². The fourth-order valence-electron chi connectivity index (χ4n) is 8.35. The van der Waals surface area contributed by atoms with Crippen molar-refractivity contribution >= 4 is 33.4 Å². The number of aliphatic hydroxyl groups is 2. The third-order valence-electron chi connectivity index (χ3n) is 11.1. The Morgan fingerprint density at radius 1 is 0.591 bits per heavy atom. The molecule has 6 nitrogen and oxygen atoms in total. The summed E-state index contributed by atoms with van der Waals surface area (Å²) in [6, 6.07) is 26.6. The van der Waals surface area contributed by atoms with E-state index in [2.05, 4.69) is 0 Å². The van der Waals surface area contributed by atoms with Gasteiger partial charge in [-0.2, -0.15) is 0 Å². The highest BCUT2D eigenvalue weighted by atomic mass is 16.3. The number of rotatable bonds is 8. The molecule has 0 aliphatic heterocycles. The predicted molar refractivity (Wildman–Crippen MR) is 173 cm³/mol. The van der Waals surface area contributed by atoms with Gasteiger partial charge in [0, 0.05) is 0 Å². The molecule has 0 aromatic heterocycles. The molecule has 0 spiro atoms. The van der Waals surface area contributed by atoms with Crippen LogP contribution in [-0.4, -0.2) is 38.1 Å². The number of hydrogen-bond donors (Lipinski definition) is 3. The Balaban J connectivity index is 1.54. The zero-order valence-electron chi connectivity index (χ0n) is 25.3. The zero-order valence-corrected chi connectivity index (χ0v) is 25.3. The largest absolute Gasteiger partial charge is 0.387 e. The van der Waals surface area contributed by atoms with Crippen LogP contribution >= 0.6 is 0 Å². The van der Waals surface area contributed by atoms with Gasteiger partial charge in [-0.15, -0.1) is 0 Å². The van der Waals surface area contributed by atoms with Crippen LogP contribution in [0.2, 0.25) is 0 Å². The average molecular weight is 591 g/mol. The van der Waals surface area contributed by atoms with Crippen molar-refractivity contribution in [1.82, 2.24) is 4.90 Å². The topological polar surface area (TPSA) is 104 Å². The second kappa shape index (κ2) is 11.0. The first kappa shape index (κ1) is 29.0. The Bertz CT molecular complexity index is 1600. The van der Waals surface area contributed by atoms with Gasteiger partial charge in [-0.3, -0.25) is 9.59 Å². The number of hydrogen-bond acceptors (Lipinski definition) is 4. The molecule has 44 heavy (non-hydrogen) atoms. The second-order valence-electron chi connectivity index (χ2n) is 13.6. The highest BCUT2D eigenvalue weighted by molar-refractivity contribution is 6.05. The van der Waals surface area contributed by atoms with Crippen LogP contribution in [0, 0.1) is 5.41 Å². The number of nitrogens with zero attached hydrogens (tertiary/aromatic N) is 1. The summed E-state index contributed by atoms with van der Waals surface area (Å²) in [6.07, 6.45) is 6.92. The first-order valence-electron chi connectivity index (χ1n) is 16.3. The smallest absolute Gasteiger partial charge is 0.239 e. The van der Waals surface area contributed by atoms with E-state index >= 15 is 4.79 Å². The summed E-state index contributed by atoms with van der Waals surface area (Å²) in [4.78, 5) is 30.8. The van der Waals surface area contributed by atoms with Crippen LogP contribution in [0.15, 0.2) is 84.9 Å². The van der Waals surface area contributed by atoms with Crippen LogP contribution in [0.5, 0.6) is 0 Å². The molecule has 2 amide bonds. The van der Waals surface area contributed by atoms with Gasteiger partial charge in [0.2, 0.25) is 11.8 Å². The van der Waals surface area contributed by atoms with E-state index < -0.39 is 34.6 Å². The van der Waals surface area contributed by atoms with E-state index in [9.17, 15) is 15.0 Å². The Hall–Kier alpha value is -3.74. The van der Waals surface area contributed by atoms with Gasteiger partial charge in [0.15, 0.2) is 0 Å². The number of amides is 2. The third kappa shape index (κ3) is 4.53. The standard InChI is InChI=1S/C38H42N2O4/c39-34(41)36(20-6-1-7-21-36)35(42)40(32(37(43)22-10-23-37)30-18-8-14-26-12-2-4-16-28(26)30)33(38(44)24-11-25-38)31-19-9-15-27-13-3-5-17-29(27)31/h2-5,8-9,12-19,32-33,43-44H,1,6-7,10-11,20-25H2,(H2,39,41). The van der Waals surface area contributed by atoms with Crippen LogP contribution in [0.25, 0.3) is 21.5 Å². The molecule has 4 aromatic carbocycles. The van der Waals surface area contributed by atoms with Crippen LogP contribution < -0.4 is 5.73 Å². The van der Waals surface area contributed by atoms with E-state index in [1.54, 1.807) is 4.90 Å². The highest BCUT2D eigenvalue weighted by Gasteiger charge is 2.59. The molecule has 3 aliphatic carbocycles. The number of nitrogens with two attached hydrogens (primary N) is 1. The van der Waals surface area contributed by atoms with E-state index in [0.29, 0.717) is 38.5 Å². The van der Waals surface area contributed by atoms with Gasteiger partial charge >= 0.3 is 0 Å². The number of fused-ring (bicyclic) bond motifs is 2. The maximum absolute atomic E-state index is 15.5. The van der Waals surface area contributed by atoms with Crippen molar-refractivity contribution < 1.29 is 19.8 Å². The van der Waals surface area contributed by atoms with Crippen molar-refractivity contribution in [2.75, 3.05) is 0 Å². The third-order valence-corrected chi connectivity index (χ3v) is 11.1. The molecule has 4 N–H and O–H groups in total. The maximum atomic E-state index is 15.5. The van der Waals surface area contributed by atoms with Gasteiger partial charge < -0.3 is 20.8 Å². The summed E-state index contributed by atoms with van der Waals surface area (Å²) in [5.74, 6) is -0.969. The lowest BCUT2D eigenvalue weighted by Crippen LogP contribution is -2.63. The van der Waals surface area contributed by atoms with E-state index in [-0.39, 0.29) is 5.91 Å². The molecule has 2 atom stereocenters. The van der Waals surface area contributed by atoms with Crippen LogP contribution in [0.3, 0.4) is 0 Å². The second-order valence-corrected chi connectivity index (χ2v) is 13.6. The zero-order chi connectivity index (χ0) is 30.5. The van der Waals surface area contributed by atoms with Crippen molar-refractivity contribution in [2.45, 2.75) is 93.9 Å². The molecular formula is C38H42N2O4. The Morgan fingerprint density at radius 2 is 1.02 bits per heavy atom. The molecule has 4 aromatic rings. The van der Waals surface area contributed by atoms with Gasteiger partial charge in [0.25, 0.3) is 0 Å². The summed E-state index contributed by atoms with van der Waals surface area (Å²) >= 11 is 0. The molecule has 3 aliphatic rings. The summed E-state index contributed by atoms with van der Waals surface area (Å²) in [5.41, 5.74) is 4.02. The minimum Gasteiger partial charge on any atom is -0.387 e. The van der Waals surface area contributed by atoms with Crippen molar-refractivity contribution in [3.05, 3.63) is 96.1 Å². The minimum atomic E-state index is -1.40. The van der Waals surface area contributed by atoms with E-state index in [0.717, 1.165) is 64.8 Å². The molecule has 2 unspecified atom stereocenters. The lowest BCUT2D eigenvalue weighted by molar-refractivity contribution is -0.189. The summed E-state index contributed by atoms with van der Waals surface area (Å²) in [7, 11) is 0. The van der Waals surface area contributed by atoms with Gasteiger partial charge in [-0.1, -0.05) is 104 Å². The van der Waals surface area contributed by atoms with Gasteiger partial charge in [-0.05, 0) is 84.0 Å². The Morgan fingerprint density at radius 3 is 1.43 bits per heavy atom. The molecule has 7 rings (SSSR count). The lowest BCUT2D eigenvalue weighted by atomic mass is 9.65. The SMILES string of the molecule is NC(=O)C1(C(=O)N(C(c2cccc3ccccc23)C2(O)CCC2)C(c2cccc3ccccc23)C2(O)CCC2)CCCCC1. The van der Waals surface area contributed by atoms with Crippen LogP contribution in [0.1, 0.15) is 93.8 Å². The van der Waals surface area contributed by atoms with Crippen molar-refractivity contribution in [3.63, 3.8) is 0 Å². The molecule has 0 radical (unpaired) electrons. The molecular weight excluding hydrogens is 548 g/mol. The molecule has 0 saturated heterocycles. The average Bonchev–Trinajstić information content (AvgIpc) is 3.02. The maximum Gasteiger partial charge on any atom is 0.239 e. The van der Waals surface area contributed by atoms with Crippen molar-refractivity contribution in [3.8, 4) is 0 Å². The first-order valence-corrected chi connectivity index (χ1v) is 16.3. The van der Waals surface area contributed by atoms with Gasteiger partial charge in [0.1, 0.15) is 5.41 Å². The monoisotopic (exact) mass is 590 g/mol. The predicted octanol–water partition coefficient (Wildman–Crippen LogP) is 6.87. The molecule has 3 saturated carbocycles. The molecule has 228 valence electrons. The van der Waals surface area contributed by atoms with Crippen molar-refractivity contribution in [1.29, 1.82) is 0 Å². The number of carbonyl (C=O) groups excluding carboxylic acids is 2. The van der Waals surface area contributed by atoms with Crippen LogP contribution in [-0.2, 0) is 9.59 Å². The fourth-order valence-corrected chi connectivity index (χ4v) is 8.35. The van der Waals surface area contributed by atoms with Gasteiger partial charge in [0.05, 0.1) is 23.3 Å². The highest BCUT2D eigenvalue weighted by Crippen LogP contribution is 2.56. The number of carbonyl (C=O) groups is 2.